The van der Waals surface area contributed by atoms with Crippen LogP contribution in [0.15, 0.2) is 24.3 Å². The molecule has 2 rings (SSSR count). The number of Topliss-reactive ketones (excluding diaryl/α,β-unsaturated/α-hetero) is 1. The third-order valence-corrected chi connectivity index (χ3v) is 3.28. The Kier molecular flexibility index (Phi) is 3.75. The third-order valence-electron chi connectivity index (χ3n) is 3.28. The van der Waals surface area contributed by atoms with E-state index in [9.17, 15) is 14.0 Å². The van der Waals surface area contributed by atoms with E-state index in [1.54, 1.807) is 11.0 Å². The minimum Gasteiger partial charge on any atom is -0.335 e. The molecule has 0 bridgehead atoms. The number of likely N-dealkylation sites (tertiary alicyclic amines) is 1. The Morgan fingerprint density at radius 2 is 2.28 bits per heavy atom. The topological polar surface area (TPSA) is 37.4 Å². The molecule has 4 heteroatoms. The summed E-state index contributed by atoms with van der Waals surface area (Å²) < 4.78 is 13.0. The quantitative estimate of drug-likeness (QED) is 0.771. The lowest BCUT2D eigenvalue weighted by atomic mass is 9.98. The van der Waals surface area contributed by atoms with Crippen molar-refractivity contribution in [1.29, 1.82) is 0 Å². The number of ketones is 1. The number of halogens is 1. The lowest BCUT2D eigenvalue weighted by molar-refractivity contribution is -0.137. The highest BCUT2D eigenvalue weighted by molar-refractivity contribution is 5.99. The molecule has 18 heavy (non-hydrogen) atoms. The number of amides is 1. The van der Waals surface area contributed by atoms with E-state index < -0.39 is 5.82 Å². The van der Waals surface area contributed by atoms with Gasteiger partial charge in [-0.25, -0.2) is 4.39 Å². The largest absolute Gasteiger partial charge is 0.335 e. The molecule has 96 valence electrons. The van der Waals surface area contributed by atoms with Gasteiger partial charge in [-0.3, -0.25) is 9.59 Å². The van der Waals surface area contributed by atoms with Crippen LogP contribution in [0.25, 0.3) is 0 Å². The van der Waals surface area contributed by atoms with Crippen molar-refractivity contribution >= 4 is 11.7 Å². The summed E-state index contributed by atoms with van der Waals surface area (Å²) in [6.07, 6.45) is 1.80. The van der Waals surface area contributed by atoms with Gasteiger partial charge in [0.05, 0.1) is 6.54 Å². The highest BCUT2D eigenvalue weighted by Crippen LogP contribution is 2.17. The van der Waals surface area contributed by atoms with Gasteiger partial charge in [-0.2, -0.15) is 0 Å². The molecule has 1 atom stereocenters. The van der Waals surface area contributed by atoms with Crippen LogP contribution in [0.3, 0.4) is 0 Å². The predicted octanol–water partition coefficient (Wildman–Crippen LogP) is 2.27. The molecule has 1 aliphatic heterocycles. The molecule has 1 aliphatic rings. The van der Waals surface area contributed by atoms with Gasteiger partial charge in [0.25, 0.3) is 0 Å². The molecule has 3 nitrogen and oxygen atoms in total. The molecule has 1 aromatic rings. The first-order chi connectivity index (χ1) is 8.58. The molecule has 1 fully saturated rings. The standard InChI is InChI=1S/C14H16FNO2/c1-10-4-3-7-16(14(10)18)9-13(17)11-5-2-6-12(15)8-11/h2,5-6,8,10H,3-4,7,9H2,1H3. The van der Waals surface area contributed by atoms with Crippen molar-refractivity contribution in [2.24, 2.45) is 5.92 Å². The van der Waals surface area contributed by atoms with E-state index in [2.05, 4.69) is 0 Å². The smallest absolute Gasteiger partial charge is 0.225 e. The van der Waals surface area contributed by atoms with Crippen molar-refractivity contribution in [3.8, 4) is 0 Å². The average molecular weight is 249 g/mol. The Balaban J connectivity index is 2.05. The molecule has 1 unspecified atom stereocenters. The summed E-state index contributed by atoms with van der Waals surface area (Å²) in [5, 5.41) is 0. The Morgan fingerprint density at radius 1 is 1.50 bits per heavy atom. The molecular weight excluding hydrogens is 233 g/mol. The maximum Gasteiger partial charge on any atom is 0.225 e. The predicted molar refractivity (Wildman–Crippen MR) is 65.7 cm³/mol. The summed E-state index contributed by atoms with van der Waals surface area (Å²) in [6.45, 7) is 2.54. The molecule has 1 aromatic carbocycles. The van der Waals surface area contributed by atoms with E-state index in [1.807, 2.05) is 6.92 Å². The summed E-state index contributed by atoms with van der Waals surface area (Å²) in [7, 11) is 0. The summed E-state index contributed by atoms with van der Waals surface area (Å²) in [5.74, 6) is -0.638. The van der Waals surface area contributed by atoms with Crippen LogP contribution in [0, 0.1) is 11.7 Å². The van der Waals surface area contributed by atoms with Crippen LogP contribution in [0.4, 0.5) is 4.39 Å². The van der Waals surface area contributed by atoms with Crippen LogP contribution in [-0.4, -0.2) is 29.7 Å². The Morgan fingerprint density at radius 3 is 3.00 bits per heavy atom. The van der Waals surface area contributed by atoms with E-state index >= 15 is 0 Å². The molecule has 0 N–H and O–H groups in total. The van der Waals surface area contributed by atoms with Gasteiger partial charge in [0.2, 0.25) is 5.91 Å². The molecule has 0 radical (unpaired) electrons. The average Bonchev–Trinajstić information content (AvgIpc) is 2.35. The van der Waals surface area contributed by atoms with Gasteiger partial charge in [-0.1, -0.05) is 19.1 Å². The molecule has 0 saturated carbocycles. The van der Waals surface area contributed by atoms with Crippen molar-refractivity contribution < 1.29 is 14.0 Å². The van der Waals surface area contributed by atoms with E-state index in [0.29, 0.717) is 12.1 Å². The van der Waals surface area contributed by atoms with Crippen LogP contribution in [0.2, 0.25) is 0 Å². The van der Waals surface area contributed by atoms with Crippen LogP contribution in [0.1, 0.15) is 30.1 Å². The van der Waals surface area contributed by atoms with Gasteiger partial charge in [-0.15, -0.1) is 0 Å². The van der Waals surface area contributed by atoms with Crippen LogP contribution >= 0.6 is 0 Å². The number of rotatable bonds is 3. The van der Waals surface area contributed by atoms with Crippen LogP contribution in [-0.2, 0) is 4.79 Å². The van der Waals surface area contributed by atoms with E-state index in [-0.39, 0.29) is 24.2 Å². The number of benzene rings is 1. The normalized spacial score (nSPS) is 20.0. The number of carbonyl (C=O) groups excluding carboxylic acids is 2. The maximum atomic E-state index is 13.0. The molecular formula is C14H16FNO2. The molecule has 1 amide bonds. The van der Waals surface area contributed by atoms with Crippen LogP contribution < -0.4 is 0 Å². The van der Waals surface area contributed by atoms with Crippen LogP contribution in [0.5, 0.6) is 0 Å². The minimum atomic E-state index is -0.431. The molecule has 0 aliphatic carbocycles. The maximum absolute atomic E-state index is 13.0. The fourth-order valence-electron chi connectivity index (χ4n) is 2.22. The highest BCUT2D eigenvalue weighted by atomic mass is 19.1. The van der Waals surface area contributed by atoms with Gasteiger partial charge < -0.3 is 4.90 Å². The SMILES string of the molecule is CC1CCCN(CC(=O)c2cccc(F)c2)C1=O. The van der Waals surface area contributed by atoms with Gasteiger partial charge in [0.1, 0.15) is 5.82 Å². The van der Waals surface area contributed by atoms with Crippen molar-refractivity contribution in [2.45, 2.75) is 19.8 Å². The zero-order chi connectivity index (χ0) is 13.1. The zero-order valence-corrected chi connectivity index (χ0v) is 10.4. The van der Waals surface area contributed by atoms with Gasteiger partial charge >= 0.3 is 0 Å². The molecule has 0 aromatic heterocycles. The molecule has 1 heterocycles. The van der Waals surface area contributed by atoms with Gasteiger partial charge in [-0.05, 0) is 25.0 Å². The van der Waals surface area contributed by atoms with E-state index in [4.69, 9.17) is 0 Å². The van der Waals surface area contributed by atoms with Gasteiger partial charge in [0, 0.05) is 18.0 Å². The number of nitrogens with zero attached hydrogens (tertiary/aromatic N) is 1. The van der Waals surface area contributed by atoms with Crippen molar-refractivity contribution in [1.82, 2.24) is 4.90 Å². The number of hydrogen-bond donors (Lipinski definition) is 0. The third kappa shape index (κ3) is 2.75. The molecule has 0 spiro atoms. The van der Waals surface area contributed by atoms with Crippen molar-refractivity contribution in [3.63, 3.8) is 0 Å². The molecule has 1 saturated heterocycles. The summed E-state index contributed by atoms with van der Waals surface area (Å²) >= 11 is 0. The minimum absolute atomic E-state index is 0.0148. The second-order valence-electron chi connectivity index (χ2n) is 4.74. The number of piperidine rings is 1. The Labute approximate surface area is 106 Å². The van der Waals surface area contributed by atoms with Crippen molar-refractivity contribution in [3.05, 3.63) is 35.6 Å². The fraction of sp³-hybridized carbons (Fsp3) is 0.429. The summed E-state index contributed by atoms with van der Waals surface area (Å²) in [4.78, 5) is 25.4. The zero-order valence-electron chi connectivity index (χ0n) is 10.4. The highest BCUT2D eigenvalue weighted by Gasteiger charge is 2.26. The summed E-state index contributed by atoms with van der Waals surface area (Å²) in [6, 6.07) is 5.58. The lowest BCUT2D eigenvalue weighted by Crippen LogP contribution is -2.43. The first-order valence-electron chi connectivity index (χ1n) is 6.15. The lowest BCUT2D eigenvalue weighted by Gasteiger charge is -2.30. The van der Waals surface area contributed by atoms with Crippen molar-refractivity contribution in [2.75, 3.05) is 13.1 Å². The second-order valence-corrected chi connectivity index (χ2v) is 4.74. The monoisotopic (exact) mass is 249 g/mol. The Bertz CT molecular complexity index is 473. The van der Waals surface area contributed by atoms with E-state index in [1.165, 1.54) is 18.2 Å². The summed E-state index contributed by atoms with van der Waals surface area (Å²) in [5.41, 5.74) is 0.320. The fourth-order valence-corrected chi connectivity index (χ4v) is 2.22. The number of carbonyl (C=O) groups is 2. The van der Waals surface area contributed by atoms with Gasteiger partial charge in [0.15, 0.2) is 5.78 Å². The number of hydrogen-bond acceptors (Lipinski definition) is 2. The van der Waals surface area contributed by atoms with E-state index in [0.717, 1.165) is 12.8 Å². The Hall–Kier alpha value is -1.71. The first-order valence-corrected chi connectivity index (χ1v) is 6.15. The first kappa shape index (κ1) is 12.7. The second kappa shape index (κ2) is 5.29.